The summed E-state index contributed by atoms with van der Waals surface area (Å²) in [5.74, 6) is 0.481. The predicted molar refractivity (Wildman–Crippen MR) is 66.8 cm³/mol. The molecule has 0 aliphatic rings. The van der Waals surface area contributed by atoms with Gasteiger partial charge in [-0.1, -0.05) is 42.0 Å². The van der Waals surface area contributed by atoms with Gasteiger partial charge in [-0.25, -0.2) is 0 Å². The summed E-state index contributed by atoms with van der Waals surface area (Å²) in [6.45, 7) is 0. The number of para-hydroxylation sites is 1. The van der Waals surface area contributed by atoms with Crippen LogP contribution in [0.3, 0.4) is 0 Å². The van der Waals surface area contributed by atoms with Gasteiger partial charge in [-0.3, -0.25) is 0 Å². The molecule has 0 radical (unpaired) electrons. The van der Waals surface area contributed by atoms with Crippen molar-refractivity contribution < 1.29 is 23.3 Å². The van der Waals surface area contributed by atoms with Gasteiger partial charge in [0.25, 0.3) is 0 Å². The summed E-state index contributed by atoms with van der Waals surface area (Å²) in [7, 11) is 0. The first-order valence-electron chi connectivity index (χ1n) is 5.35. The van der Waals surface area contributed by atoms with Crippen molar-refractivity contribution in [3.05, 3.63) is 70.9 Å². The van der Waals surface area contributed by atoms with E-state index in [1.807, 2.05) is 42.5 Å². The summed E-state index contributed by atoms with van der Waals surface area (Å²) < 4.78 is 5.67. The molecule has 1 aromatic heterocycles. The van der Waals surface area contributed by atoms with Gasteiger partial charge in [0.15, 0.2) is 0 Å². The molecule has 3 aromatic rings. The van der Waals surface area contributed by atoms with Gasteiger partial charge in [-0.15, -0.1) is 18.2 Å². The van der Waals surface area contributed by atoms with E-state index in [2.05, 4.69) is 6.07 Å². The fourth-order valence-electron chi connectivity index (χ4n) is 1.77. The molecule has 3 heteroatoms. The fraction of sp³-hybridized carbons (Fsp3) is 0. The molecule has 0 saturated carbocycles. The van der Waals surface area contributed by atoms with Crippen molar-refractivity contribution in [2.75, 3.05) is 0 Å². The first kappa shape index (κ1) is 12.7. The van der Waals surface area contributed by atoms with Crippen LogP contribution >= 0.6 is 0 Å². The van der Waals surface area contributed by atoms with Gasteiger partial charge in [0.1, 0.15) is 0 Å². The maximum atomic E-state index is 11.9. The van der Waals surface area contributed by atoms with E-state index in [-0.39, 0.29) is 24.3 Å². The first-order valence-corrected chi connectivity index (χ1v) is 5.35. The molecule has 0 atom stereocenters. The summed E-state index contributed by atoms with van der Waals surface area (Å²) in [5.41, 5.74) is 1.32. The third-order valence-corrected chi connectivity index (χ3v) is 2.61. The Bertz CT molecular complexity index is 717. The van der Waals surface area contributed by atoms with Crippen molar-refractivity contribution in [3.63, 3.8) is 0 Å². The van der Waals surface area contributed by atoms with E-state index in [4.69, 9.17) is 4.42 Å². The molecule has 0 N–H and O–H groups in total. The van der Waals surface area contributed by atoms with Crippen molar-refractivity contribution in [3.8, 4) is 11.3 Å². The molecule has 0 aliphatic carbocycles. The summed E-state index contributed by atoms with van der Waals surface area (Å²) >= 11 is 0. The number of hydrogen-bond acceptors (Lipinski definition) is 2. The minimum atomic E-state index is -0.134. The van der Waals surface area contributed by atoms with E-state index in [9.17, 15) is 4.79 Å². The van der Waals surface area contributed by atoms with Crippen LogP contribution in [0.25, 0.3) is 22.3 Å². The third-order valence-electron chi connectivity index (χ3n) is 2.61. The molecule has 3 rings (SSSR count). The molecule has 82 valence electrons. The van der Waals surface area contributed by atoms with Crippen molar-refractivity contribution in [2.45, 2.75) is 0 Å². The van der Waals surface area contributed by atoms with Crippen LogP contribution in [0.1, 0.15) is 0 Å². The Morgan fingerprint density at radius 2 is 1.56 bits per heavy atom. The number of benzene rings is 2. The first-order chi connectivity index (χ1) is 8.34. The van der Waals surface area contributed by atoms with E-state index < -0.39 is 0 Å². The Hall–Kier alpha value is -1.75. The third kappa shape index (κ3) is 2.26. The maximum Gasteiger partial charge on any atom is 1.00 e. The standard InChI is InChI=1S/C15H9O2.Li/c16-13-10-15(11-6-2-1-3-7-11)17-14-9-5-4-8-12(13)14;/h1-9H;/q-1;+1. The molecule has 0 saturated heterocycles. The van der Waals surface area contributed by atoms with Crippen LogP contribution < -0.4 is 24.3 Å². The minimum Gasteiger partial charge on any atom is -0.495 e. The van der Waals surface area contributed by atoms with E-state index in [0.29, 0.717) is 16.7 Å². The monoisotopic (exact) mass is 228 g/mol. The molecule has 0 unspecified atom stereocenters. The normalized spacial score (nSPS) is 10.0. The summed E-state index contributed by atoms with van der Waals surface area (Å²) in [6.07, 6.45) is 0. The zero-order chi connectivity index (χ0) is 11.7. The SMILES string of the molecule is O=c1[c-]c(-c2ccccc2)oc2ccccc12.[Li+]. The molecule has 18 heavy (non-hydrogen) atoms. The summed E-state index contributed by atoms with van der Waals surface area (Å²) in [4.78, 5) is 11.9. The zero-order valence-corrected chi connectivity index (χ0v) is 10.0. The van der Waals surface area contributed by atoms with E-state index in [1.165, 1.54) is 0 Å². The molecule has 0 spiro atoms. The van der Waals surface area contributed by atoms with Gasteiger partial charge in [0, 0.05) is 5.76 Å². The van der Waals surface area contributed by atoms with Gasteiger partial charge in [0.2, 0.25) is 0 Å². The average molecular weight is 228 g/mol. The van der Waals surface area contributed by atoms with Crippen LogP contribution in [0.15, 0.2) is 63.8 Å². The Labute approximate surface area is 116 Å². The number of hydrogen-bond donors (Lipinski definition) is 0. The van der Waals surface area contributed by atoms with Gasteiger partial charge < -0.3 is 9.21 Å². The van der Waals surface area contributed by atoms with Crippen LogP contribution in [0.2, 0.25) is 0 Å². The molecule has 0 aliphatic heterocycles. The second kappa shape index (κ2) is 5.26. The Kier molecular flexibility index (Phi) is 3.71. The van der Waals surface area contributed by atoms with Gasteiger partial charge in [-0.05, 0) is 11.5 Å². The van der Waals surface area contributed by atoms with Crippen molar-refractivity contribution >= 4 is 11.0 Å². The second-order valence-corrected chi connectivity index (χ2v) is 3.75. The van der Waals surface area contributed by atoms with Gasteiger partial charge in [-0.2, -0.15) is 0 Å². The van der Waals surface area contributed by atoms with Crippen LogP contribution in [-0.4, -0.2) is 0 Å². The number of rotatable bonds is 1. The molecule has 2 nitrogen and oxygen atoms in total. The van der Waals surface area contributed by atoms with Crippen molar-refractivity contribution in [2.24, 2.45) is 0 Å². The van der Waals surface area contributed by atoms with E-state index in [1.54, 1.807) is 12.1 Å². The summed E-state index contributed by atoms with van der Waals surface area (Å²) in [6, 6.07) is 19.4. The zero-order valence-electron chi connectivity index (χ0n) is 10.0. The molecule has 0 amide bonds. The molecular weight excluding hydrogens is 219 g/mol. The Balaban J connectivity index is 0.00000120. The molecule has 2 aromatic carbocycles. The molecule has 0 fully saturated rings. The topological polar surface area (TPSA) is 30.2 Å². The Morgan fingerprint density at radius 3 is 2.33 bits per heavy atom. The Morgan fingerprint density at radius 1 is 0.889 bits per heavy atom. The van der Waals surface area contributed by atoms with Crippen LogP contribution in [-0.2, 0) is 0 Å². The van der Waals surface area contributed by atoms with Crippen LogP contribution in [0.5, 0.6) is 0 Å². The van der Waals surface area contributed by atoms with E-state index >= 15 is 0 Å². The minimum absolute atomic E-state index is 0. The van der Waals surface area contributed by atoms with Crippen molar-refractivity contribution in [1.29, 1.82) is 0 Å². The average Bonchev–Trinajstić information content (AvgIpc) is 2.40. The second-order valence-electron chi connectivity index (χ2n) is 3.75. The van der Waals surface area contributed by atoms with Crippen LogP contribution in [0.4, 0.5) is 0 Å². The quantitative estimate of drug-likeness (QED) is 0.442. The van der Waals surface area contributed by atoms with Gasteiger partial charge >= 0.3 is 18.9 Å². The summed E-state index contributed by atoms with van der Waals surface area (Å²) in [5, 5.41) is 0.562. The van der Waals surface area contributed by atoms with Crippen molar-refractivity contribution in [1.82, 2.24) is 0 Å². The fourth-order valence-corrected chi connectivity index (χ4v) is 1.77. The van der Waals surface area contributed by atoms with Crippen LogP contribution in [0, 0.1) is 6.07 Å². The van der Waals surface area contributed by atoms with E-state index in [0.717, 1.165) is 5.56 Å². The smallest absolute Gasteiger partial charge is 0.495 e. The number of fused-ring (bicyclic) bond motifs is 1. The molecule has 0 bridgehead atoms. The largest absolute Gasteiger partial charge is 1.00 e. The molecular formula is C15H9LiO2. The van der Waals surface area contributed by atoms with Gasteiger partial charge in [0.05, 0.1) is 11.0 Å². The maximum absolute atomic E-state index is 11.9. The predicted octanol–water partition coefficient (Wildman–Crippen LogP) is 0.264. The molecule has 1 heterocycles.